The molecule has 2 N–H and O–H groups in total. The zero-order chi connectivity index (χ0) is 22.5. The Kier molecular flexibility index (Phi) is 6.87. The number of ether oxygens (including phenoxy) is 4. The molecule has 2 aliphatic rings. The lowest BCUT2D eigenvalue weighted by atomic mass is 10.1. The zero-order valence-electron chi connectivity index (χ0n) is 17.6. The zero-order valence-corrected chi connectivity index (χ0v) is 18.4. The van der Waals surface area contributed by atoms with Gasteiger partial charge in [-0.3, -0.25) is 9.59 Å². The second-order valence-corrected chi connectivity index (χ2v) is 7.60. The van der Waals surface area contributed by atoms with Crippen LogP contribution >= 0.6 is 11.6 Å². The second kappa shape index (κ2) is 9.97. The van der Waals surface area contributed by atoms with Crippen LogP contribution in [-0.4, -0.2) is 69.9 Å². The Morgan fingerprint density at radius 3 is 2.47 bits per heavy atom. The number of carbonyl (C=O) groups is 2. The Morgan fingerprint density at radius 2 is 1.75 bits per heavy atom. The van der Waals surface area contributed by atoms with Crippen LogP contribution in [0.4, 0.5) is 11.4 Å². The Morgan fingerprint density at radius 1 is 1.03 bits per heavy atom. The third kappa shape index (κ3) is 5.00. The molecule has 2 heterocycles. The number of amides is 2. The SMILES string of the molecule is COc1ccc(C(=O)N2CCOCC2)cc1NCC(=O)Nc1cc2c(cc1Cl)OCCO2. The van der Waals surface area contributed by atoms with Crippen LogP contribution in [0.2, 0.25) is 5.02 Å². The number of nitrogens with one attached hydrogen (secondary N) is 2. The van der Waals surface area contributed by atoms with Crippen molar-refractivity contribution in [2.45, 2.75) is 0 Å². The van der Waals surface area contributed by atoms with E-state index in [4.69, 9.17) is 30.5 Å². The normalized spacial score (nSPS) is 15.1. The van der Waals surface area contributed by atoms with Gasteiger partial charge in [-0.25, -0.2) is 0 Å². The van der Waals surface area contributed by atoms with Gasteiger partial charge >= 0.3 is 0 Å². The van der Waals surface area contributed by atoms with E-state index in [1.54, 1.807) is 35.2 Å². The molecule has 2 aromatic carbocycles. The minimum atomic E-state index is -0.324. The maximum atomic E-state index is 12.8. The van der Waals surface area contributed by atoms with Gasteiger partial charge in [-0.2, -0.15) is 0 Å². The highest BCUT2D eigenvalue weighted by molar-refractivity contribution is 6.34. The standard InChI is InChI=1S/C22H24ClN3O6/c1-29-18-3-2-14(22(28)26-4-6-30-7-5-26)10-17(18)24-13-21(27)25-16-12-20-19(11-15(16)23)31-8-9-32-20/h2-3,10-12,24H,4-9,13H2,1H3,(H,25,27). The lowest BCUT2D eigenvalue weighted by molar-refractivity contribution is -0.114. The van der Waals surface area contributed by atoms with Crippen molar-refractivity contribution in [3.05, 3.63) is 40.9 Å². The third-order valence-electron chi connectivity index (χ3n) is 5.09. The number of nitrogens with zero attached hydrogens (tertiary/aromatic N) is 1. The van der Waals surface area contributed by atoms with Crippen LogP contribution in [0, 0.1) is 0 Å². The number of hydrogen-bond acceptors (Lipinski definition) is 7. The van der Waals surface area contributed by atoms with Crippen molar-refractivity contribution < 1.29 is 28.5 Å². The highest BCUT2D eigenvalue weighted by Gasteiger charge is 2.20. The van der Waals surface area contributed by atoms with Crippen molar-refractivity contribution in [2.75, 3.05) is 63.8 Å². The molecule has 0 unspecified atom stereocenters. The first-order valence-corrected chi connectivity index (χ1v) is 10.6. The number of morpholine rings is 1. The van der Waals surface area contributed by atoms with E-state index in [1.165, 1.54) is 7.11 Å². The average molecular weight is 462 g/mol. The molecule has 0 saturated carbocycles. The van der Waals surface area contributed by atoms with Crippen LogP contribution in [0.1, 0.15) is 10.4 Å². The fourth-order valence-electron chi connectivity index (χ4n) is 3.46. The fraction of sp³-hybridized carbons (Fsp3) is 0.364. The quantitative estimate of drug-likeness (QED) is 0.682. The number of carbonyl (C=O) groups excluding carboxylic acids is 2. The van der Waals surface area contributed by atoms with E-state index in [9.17, 15) is 9.59 Å². The largest absolute Gasteiger partial charge is 0.495 e. The summed E-state index contributed by atoms with van der Waals surface area (Å²) in [5.41, 5.74) is 1.46. The van der Waals surface area contributed by atoms with Gasteiger partial charge in [0.15, 0.2) is 11.5 Å². The minimum absolute atomic E-state index is 0.0592. The maximum absolute atomic E-state index is 12.8. The number of benzene rings is 2. The summed E-state index contributed by atoms with van der Waals surface area (Å²) >= 11 is 6.26. The van der Waals surface area contributed by atoms with Crippen molar-refractivity contribution in [3.8, 4) is 17.2 Å². The monoisotopic (exact) mass is 461 g/mol. The summed E-state index contributed by atoms with van der Waals surface area (Å²) in [4.78, 5) is 27.1. The van der Waals surface area contributed by atoms with E-state index in [1.807, 2.05) is 0 Å². The molecule has 4 rings (SSSR count). The van der Waals surface area contributed by atoms with Gasteiger partial charge in [0.2, 0.25) is 5.91 Å². The van der Waals surface area contributed by atoms with E-state index in [2.05, 4.69) is 10.6 Å². The van der Waals surface area contributed by atoms with E-state index < -0.39 is 0 Å². The van der Waals surface area contributed by atoms with Crippen LogP contribution < -0.4 is 24.8 Å². The molecule has 170 valence electrons. The summed E-state index contributed by atoms with van der Waals surface area (Å²) in [6, 6.07) is 8.34. The average Bonchev–Trinajstić information content (AvgIpc) is 2.83. The summed E-state index contributed by atoms with van der Waals surface area (Å²) in [5.74, 6) is 1.18. The van der Waals surface area contributed by atoms with Gasteiger partial charge in [0.05, 0.1) is 43.3 Å². The number of fused-ring (bicyclic) bond motifs is 1. The molecule has 0 radical (unpaired) electrons. The number of rotatable bonds is 6. The van der Waals surface area contributed by atoms with Gasteiger partial charge in [0.1, 0.15) is 19.0 Å². The smallest absolute Gasteiger partial charge is 0.254 e. The molecule has 1 fully saturated rings. The number of methoxy groups -OCH3 is 1. The molecule has 2 aromatic rings. The van der Waals surface area contributed by atoms with Crippen LogP contribution in [0.15, 0.2) is 30.3 Å². The molecule has 9 nitrogen and oxygen atoms in total. The lowest BCUT2D eigenvalue weighted by Gasteiger charge is -2.27. The molecule has 0 bridgehead atoms. The predicted molar refractivity (Wildman–Crippen MR) is 119 cm³/mol. The second-order valence-electron chi connectivity index (χ2n) is 7.20. The van der Waals surface area contributed by atoms with Gasteiger partial charge in [0, 0.05) is 30.8 Å². The summed E-state index contributed by atoms with van der Waals surface area (Å²) in [7, 11) is 1.53. The summed E-state index contributed by atoms with van der Waals surface area (Å²) in [6.07, 6.45) is 0. The van der Waals surface area contributed by atoms with Crippen molar-refractivity contribution in [1.29, 1.82) is 0 Å². The van der Waals surface area contributed by atoms with Gasteiger partial charge < -0.3 is 34.5 Å². The first-order valence-electron chi connectivity index (χ1n) is 10.2. The molecule has 10 heteroatoms. The molecule has 0 atom stereocenters. The number of halogens is 1. The highest BCUT2D eigenvalue weighted by Crippen LogP contribution is 2.38. The first-order chi connectivity index (χ1) is 15.5. The Hall–Kier alpha value is -3.17. The van der Waals surface area contributed by atoms with Crippen LogP contribution in [0.25, 0.3) is 0 Å². The molecule has 32 heavy (non-hydrogen) atoms. The van der Waals surface area contributed by atoms with Crippen molar-refractivity contribution in [1.82, 2.24) is 4.90 Å². The van der Waals surface area contributed by atoms with Crippen LogP contribution in [0.5, 0.6) is 17.2 Å². The molecular formula is C22H24ClN3O6. The summed E-state index contributed by atoms with van der Waals surface area (Å²) < 4.78 is 21.7. The maximum Gasteiger partial charge on any atom is 0.254 e. The minimum Gasteiger partial charge on any atom is -0.495 e. The summed E-state index contributed by atoms with van der Waals surface area (Å²) in [5, 5.41) is 6.14. The highest BCUT2D eigenvalue weighted by atomic mass is 35.5. The molecular weight excluding hydrogens is 438 g/mol. The van der Waals surface area contributed by atoms with Gasteiger partial charge in [-0.05, 0) is 18.2 Å². The molecule has 0 aromatic heterocycles. The Balaban J connectivity index is 1.42. The van der Waals surface area contributed by atoms with Gasteiger partial charge in [-0.1, -0.05) is 11.6 Å². The number of hydrogen-bond donors (Lipinski definition) is 2. The topological polar surface area (TPSA) is 98.4 Å². The molecule has 0 aliphatic carbocycles. The summed E-state index contributed by atoms with van der Waals surface area (Å²) in [6.45, 7) is 2.97. The molecule has 1 saturated heterocycles. The van der Waals surface area contributed by atoms with Crippen LogP contribution in [-0.2, 0) is 9.53 Å². The molecule has 0 spiro atoms. The van der Waals surface area contributed by atoms with E-state index in [-0.39, 0.29) is 18.4 Å². The van der Waals surface area contributed by atoms with Crippen molar-refractivity contribution in [3.63, 3.8) is 0 Å². The lowest BCUT2D eigenvalue weighted by Crippen LogP contribution is -2.40. The molecule has 2 amide bonds. The molecule has 2 aliphatic heterocycles. The van der Waals surface area contributed by atoms with Crippen molar-refractivity contribution in [2.24, 2.45) is 0 Å². The predicted octanol–water partition coefficient (Wildman–Crippen LogP) is 2.64. The van der Waals surface area contributed by atoms with E-state index >= 15 is 0 Å². The van der Waals surface area contributed by atoms with Gasteiger partial charge in [0.25, 0.3) is 5.91 Å². The van der Waals surface area contributed by atoms with E-state index in [0.717, 1.165) is 0 Å². The Labute approximate surface area is 190 Å². The van der Waals surface area contributed by atoms with Crippen LogP contribution in [0.3, 0.4) is 0 Å². The number of anilines is 2. The first kappa shape index (κ1) is 22.0. The van der Waals surface area contributed by atoms with Gasteiger partial charge in [-0.15, -0.1) is 0 Å². The third-order valence-corrected chi connectivity index (χ3v) is 5.40. The Bertz CT molecular complexity index is 1010. The van der Waals surface area contributed by atoms with Crippen molar-refractivity contribution >= 4 is 34.8 Å². The fourth-order valence-corrected chi connectivity index (χ4v) is 3.66. The van der Waals surface area contributed by atoms with E-state index in [0.29, 0.717) is 78.7 Å².